The van der Waals surface area contributed by atoms with Crippen LogP contribution in [0.5, 0.6) is 0 Å². The van der Waals surface area contributed by atoms with Gasteiger partial charge in [0, 0.05) is 23.0 Å². The molecular weight excluding hydrogens is 394 g/mol. The van der Waals surface area contributed by atoms with Crippen molar-refractivity contribution in [1.82, 2.24) is 4.90 Å². The molecule has 0 spiro atoms. The van der Waals surface area contributed by atoms with E-state index in [1.54, 1.807) is 11.3 Å². The summed E-state index contributed by atoms with van der Waals surface area (Å²) in [5.74, 6) is -0.119. The Morgan fingerprint density at radius 3 is 2.53 bits per heavy atom. The third-order valence-corrected chi connectivity index (χ3v) is 7.62. The highest BCUT2D eigenvalue weighted by molar-refractivity contribution is 7.14. The minimum atomic E-state index is -0.162. The number of amides is 2. The minimum Gasteiger partial charge on any atom is -0.369 e. The first-order valence-corrected chi connectivity index (χ1v) is 11.9. The Labute approximate surface area is 182 Å². The van der Waals surface area contributed by atoms with Crippen LogP contribution in [-0.4, -0.2) is 36.3 Å². The number of benzene rings is 1. The zero-order valence-corrected chi connectivity index (χ0v) is 18.3. The molecule has 5 nitrogen and oxygen atoms in total. The van der Waals surface area contributed by atoms with Crippen LogP contribution in [-0.2, 0) is 24.1 Å². The maximum absolute atomic E-state index is 12.7. The van der Waals surface area contributed by atoms with Crippen LogP contribution in [0.2, 0.25) is 0 Å². The minimum absolute atomic E-state index is 0.00172. The number of carbonyl (C=O) groups is 2. The number of carbonyl (C=O) groups excluding carboxylic acids is 2. The lowest BCUT2D eigenvalue weighted by Crippen LogP contribution is -2.39. The van der Waals surface area contributed by atoms with Crippen molar-refractivity contribution in [2.75, 3.05) is 25.0 Å². The Kier molecular flexibility index (Phi) is 6.85. The van der Waals surface area contributed by atoms with Crippen molar-refractivity contribution in [3.05, 3.63) is 51.2 Å². The number of hydrogen-bond acceptors (Lipinski definition) is 4. The van der Waals surface area contributed by atoms with Crippen LogP contribution in [0.4, 0.5) is 5.69 Å². The fourth-order valence-electron chi connectivity index (χ4n) is 4.46. The molecule has 30 heavy (non-hydrogen) atoms. The van der Waals surface area contributed by atoms with Gasteiger partial charge in [-0.15, -0.1) is 11.3 Å². The Morgan fingerprint density at radius 1 is 1.07 bits per heavy atom. The van der Waals surface area contributed by atoms with Crippen molar-refractivity contribution in [2.45, 2.75) is 51.4 Å². The number of anilines is 1. The van der Waals surface area contributed by atoms with Gasteiger partial charge in [0.2, 0.25) is 5.91 Å². The highest BCUT2D eigenvalue weighted by atomic mass is 32.1. The SMILES string of the molecule is NC(=O)C1CCN(CCc2ccc(NC(=O)c3cc4c(s3)CCCCC4)cc2)CC1. The summed E-state index contributed by atoms with van der Waals surface area (Å²) in [6, 6.07) is 10.3. The maximum Gasteiger partial charge on any atom is 0.265 e. The summed E-state index contributed by atoms with van der Waals surface area (Å²) in [4.78, 5) is 28.6. The normalized spacial score (nSPS) is 17.9. The van der Waals surface area contributed by atoms with E-state index in [0.717, 1.165) is 62.3 Å². The second-order valence-electron chi connectivity index (χ2n) is 8.54. The maximum atomic E-state index is 12.7. The number of aryl methyl sites for hydroxylation is 2. The van der Waals surface area contributed by atoms with Crippen LogP contribution in [0.15, 0.2) is 30.3 Å². The molecule has 0 bridgehead atoms. The fourth-order valence-corrected chi connectivity index (χ4v) is 5.60. The molecule has 1 aromatic carbocycles. The number of nitrogens with two attached hydrogens (primary N) is 1. The van der Waals surface area contributed by atoms with Crippen LogP contribution in [0, 0.1) is 5.92 Å². The Morgan fingerprint density at radius 2 is 1.80 bits per heavy atom. The molecule has 2 heterocycles. The van der Waals surface area contributed by atoms with Crippen LogP contribution in [0.25, 0.3) is 0 Å². The smallest absolute Gasteiger partial charge is 0.265 e. The molecule has 6 heteroatoms. The van der Waals surface area contributed by atoms with Crippen molar-refractivity contribution in [2.24, 2.45) is 11.7 Å². The van der Waals surface area contributed by atoms with Gasteiger partial charge in [0.05, 0.1) is 4.88 Å². The molecule has 4 rings (SSSR count). The number of thiophene rings is 1. The van der Waals surface area contributed by atoms with E-state index in [0.29, 0.717) is 0 Å². The fraction of sp³-hybridized carbons (Fsp3) is 0.500. The largest absolute Gasteiger partial charge is 0.369 e. The summed E-state index contributed by atoms with van der Waals surface area (Å²) < 4.78 is 0. The Hall–Kier alpha value is -2.18. The van der Waals surface area contributed by atoms with Gasteiger partial charge in [0.15, 0.2) is 0 Å². The molecule has 0 atom stereocenters. The van der Waals surface area contributed by atoms with Gasteiger partial charge in [0.25, 0.3) is 5.91 Å². The first kappa shape index (κ1) is 21.1. The van der Waals surface area contributed by atoms with E-state index in [1.807, 2.05) is 12.1 Å². The Bertz CT molecular complexity index is 859. The molecule has 2 aromatic rings. The number of primary amides is 1. The molecule has 2 amide bonds. The summed E-state index contributed by atoms with van der Waals surface area (Å²) in [6.45, 7) is 2.86. The van der Waals surface area contributed by atoms with Crippen LogP contribution < -0.4 is 11.1 Å². The standard InChI is InChI=1S/C24H31N3O2S/c25-23(28)18-11-14-27(15-12-18)13-10-17-6-8-20(9-7-17)26-24(29)22-16-19-4-2-1-3-5-21(19)30-22/h6-9,16,18H,1-5,10-15H2,(H2,25,28)(H,26,29). The lowest BCUT2D eigenvalue weighted by Gasteiger charge is -2.30. The highest BCUT2D eigenvalue weighted by Crippen LogP contribution is 2.29. The predicted octanol–water partition coefficient (Wildman–Crippen LogP) is 4.01. The second kappa shape index (κ2) is 9.75. The lowest BCUT2D eigenvalue weighted by molar-refractivity contribution is -0.123. The Balaban J connectivity index is 1.27. The van der Waals surface area contributed by atoms with Gasteiger partial charge in [-0.05, 0) is 87.4 Å². The number of rotatable bonds is 6. The molecule has 0 saturated carbocycles. The van der Waals surface area contributed by atoms with Crippen molar-refractivity contribution < 1.29 is 9.59 Å². The quantitative estimate of drug-likeness (QED) is 0.687. The zero-order valence-electron chi connectivity index (χ0n) is 17.5. The van der Waals surface area contributed by atoms with Crippen molar-refractivity contribution in [3.8, 4) is 0 Å². The molecule has 160 valence electrons. The van der Waals surface area contributed by atoms with Gasteiger partial charge in [-0.3, -0.25) is 9.59 Å². The van der Waals surface area contributed by atoms with Crippen LogP contribution in [0.1, 0.15) is 57.8 Å². The molecule has 1 aliphatic carbocycles. The molecule has 1 aromatic heterocycles. The third-order valence-electron chi connectivity index (χ3n) is 6.39. The lowest BCUT2D eigenvalue weighted by atomic mass is 9.96. The molecular formula is C24H31N3O2S. The molecule has 2 aliphatic rings. The average molecular weight is 426 g/mol. The van der Waals surface area contributed by atoms with E-state index in [2.05, 4.69) is 28.4 Å². The van der Waals surface area contributed by atoms with E-state index in [1.165, 1.54) is 35.3 Å². The van der Waals surface area contributed by atoms with Crippen molar-refractivity contribution in [1.29, 1.82) is 0 Å². The molecule has 1 saturated heterocycles. The number of nitrogens with zero attached hydrogens (tertiary/aromatic N) is 1. The number of likely N-dealkylation sites (tertiary alicyclic amines) is 1. The van der Waals surface area contributed by atoms with E-state index in [9.17, 15) is 9.59 Å². The molecule has 3 N–H and O–H groups in total. The molecule has 0 unspecified atom stereocenters. The van der Waals surface area contributed by atoms with Crippen molar-refractivity contribution >= 4 is 28.8 Å². The topological polar surface area (TPSA) is 75.4 Å². The van der Waals surface area contributed by atoms with Gasteiger partial charge >= 0.3 is 0 Å². The van der Waals surface area contributed by atoms with Gasteiger partial charge in [-0.2, -0.15) is 0 Å². The van der Waals surface area contributed by atoms with Gasteiger partial charge in [-0.25, -0.2) is 0 Å². The van der Waals surface area contributed by atoms with Crippen LogP contribution in [0.3, 0.4) is 0 Å². The first-order chi connectivity index (χ1) is 14.6. The first-order valence-electron chi connectivity index (χ1n) is 11.1. The van der Waals surface area contributed by atoms with E-state index < -0.39 is 0 Å². The monoisotopic (exact) mass is 425 g/mol. The molecule has 1 fully saturated rings. The molecule has 0 radical (unpaired) electrons. The zero-order chi connectivity index (χ0) is 20.9. The van der Waals surface area contributed by atoms with Crippen LogP contribution >= 0.6 is 11.3 Å². The summed E-state index contributed by atoms with van der Waals surface area (Å²) in [5.41, 5.74) is 8.88. The average Bonchev–Trinajstić information content (AvgIpc) is 3.04. The van der Waals surface area contributed by atoms with Gasteiger partial charge < -0.3 is 16.0 Å². The summed E-state index contributed by atoms with van der Waals surface area (Å²) in [7, 11) is 0. The molecule has 1 aliphatic heterocycles. The predicted molar refractivity (Wildman–Crippen MR) is 122 cm³/mol. The number of piperidine rings is 1. The summed E-state index contributed by atoms with van der Waals surface area (Å²) in [5, 5.41) is 3.05. The third kappa shape index (κ3) is 5.29. The van der Waals surface area contributed by atoms with E-state index >= 15 is 0 Å². The number of hydrogen-bond donors (Lipinski definition) is 2. The summed E-state index contributed by atoms with van der Waals surface area (Å²) >= 11 is 1.66. The second-order valence-corrected chi connectivity index (χ2v) is 9.68. The van der Waals surface area contributed by atoms with Crippen molar-refractivity contribution in [3.63, 3.8) is 0 Å². The van der Waals surface area contributed by atoms with Gasteiger partial charge in [0.1, 0.15) is 0 Å². The summed E-state index contributed by atoms with van der Waals surface area (Å²) in [6.07, 6.45) is 8.68. The van der Waals surface area contributed by atoms with Gasteiger partial charge in [-0.1, -0.05) is 18.6 Å². The highest BCUT2D eigenvalue weighted by Gasteiger charge is 2.22. The number of fused-ring (bicyclic) bond motifs is 1. The van der Waals surface area contributed by atoms with E-state index in [-0.39, 0.29) is 17.7 Å². The number of nitrogens with one attached hydrogen (secondary N) is 1. The van der Waals surface area contributed by atoms with E-state index in [4.69, 9.17) is 5.73 Å².